The number of rotatable bonds is 5. The van der Waals surface area contributed by atoms with E-state index in [1.54, 1.807) is 11.3 Å². The highest BCUT2D eigenvalue weighted by Gasteiger charge is 2.10. The molecule has 0 amide bonds. The highest BCUT2D eigenvalue weighted by atomic mass is 32.1. The Kier molecular flexibility index (Phi) is 4.08. The number of hydrogen-bond donors (Lipinski definition) is 2. The summed E-state index contributed by atoms with van der Waals surface area (Å²) in [7, 11) is 0. The van der Waals surface area contributed by atoms with Gasteiger partial charge in [0.25, 0.3) is 0 Å². The van der Waals surface area contributed by atoms with Crippen molar-refractivity contribution < 1.29 is 0 Å². The molecule has 24 heavy (non-hydrogen) atoms. The lowest BCUT2D eigenvalue weighted by atomic mass is 10.2. The number of nitrogens with zero attached hydrogens (tertiary/aromatic N) is 2. The third-order valence-corrected chi connectivity index (χ3v) is 4.59. The normalized spacial score (nSPS) is 11.8. The van der Waals surface area contributed by atoms with Gasteiger partial charge in [-0.3, -0.25) is 5.43 Å². The smallest absolute Gasteiger partial charge is 0.113 e. The molecule has 0 saturated heterocycles. The second-order valence-corrected chi connectivity index (χ2v) is 6.34. The van der Waals surface area contributed by atoms with Gasteiger partial charge in [-0.15, -0.1) is 11.3 Å². The Bertz CT molecular complexity index is 922. The van der Waals surface area contributed by atoms with Crippen molar-refractivity contribution in [1.29, 1.82) is 0 Å². The van der Waals surface area contributed by atoms with E-state index in [9.17, 15) is 0 Å². The molecule has 2 N–H and O–H groups in total. The Morgan fingerprint density at radius 1 is 1.00 bits per heavy atom. The Morgan fingerprint density at radius 3 is 2.62 bits per heavy atom. The van der Waals surface area contributed by atoms with Crippen LogP contribution in [-0.4, -0.2) is 15.7 Å². The summed E-state index contributed by atoms with van der Waals surface area (Å²) >= 11 is 1.68. The molecular formula is C19H16N4S. The summed E-state index contributed by atoms with van der Waals surface area (Å²) in [5, 5.41) is 6.68. The van der Waals surface area contributed by atoms with Crippen LogP contribution in [0.3, 0.4) is 0 Å². The van der Waals surface area contributed by atoms with E-state index in [1.165, 1.54) is 0 Å². The molecule has 0 fully saturated rings. The maximum atomic E-state index is 4.66. The van der Waals surface area contributed by atoms with Crippen molar-refractivity contribution in [2.24, 2.45) is 5.10 Å². The average molecular weight is 332 g/mol. The molecule has 0 spiro atoms. The van der Waals surface area contributed by atoms with Crippen LogP contribution in [0.15, 0.2) is 77.2 Å². The number of hydrogen-bond acceptors (Lipinski definition) is 4. The first-order chi connectivity index (χ1) is 11.9. The summed E-state index contributed by atoms with van der Waals surface area (Å²) in [5.41, 5.74) is 7.10. The molecule has 0 atom stereocenters. The monoisotopic (exact) mass is 332 g/mol. The van der Waals surface area contributed by atoms with Crippen LogP contribution in [0.4, 0.5) is 5.69 Å². The zero-order valence-corrected chi connectivity index (χ0v) is 13.8. The van der Waals surface area contributed by atoms with Gasteiger partial charge < -0.3 is 4.98 Å². The quantitative estimate of drug-likeness (QED) is 0.412. The second kappa shape index (κ2) is 6.68. The van der Waals surface area contributed by atoms with E-state index in [4.69, 9.17) is 0 Å². The Morgan fingerprint density at radius 2 is 1.83 bits per heavy atom. The minimum Gasteiger partial charge on any atom is -0.342 e. The molecule has 4 rings (SSSR count). The fourth-order valence-corrected chi connectivity index (χ4v) is 3.23. The SMILES string of the molecule is c1ccc(N/N=C(/Cc2nc3ccccc3[nH]2)c2cccs2)cc1. The van der Waals surface area contributed by atoms with Crippen LogP contribution < -0.4 is 5.43 Å². The number of aromatic nitrogens is 2. The van der Waals surface area contributed by atoms with Crippen molar-refractivity contribution in [3.8, 4) is 0 Å². The molecule has 0 radical (unpaired) electrons. The van der Waals surface area contributed by atoms with E-state index in [1.807, 2.05) is 60.7 Å². The van der Waals surface area contributed by atoms with Crippen molar-refractivity contribution in [1.82, 2.24) is 9.97 Å². The molecule has 5 heteroatoms. The molecule has 0 aliphatic rings. The largest absolute Gasteiger partial charge is 0.342 e. The minimum atomic E-state index is 0.648. The standard InChI is InChI=1S/C19H16N4S/c1-2-7-14(8-3-1)22-23-17(18-11-6-12-24-18)13-19-20-15-9-4-5-10-16(15)21-19/h1-12,22H,13H2,(H,20,21)/b23-17-. The first-order valence-corrected chi connectivity index (χ1v) is 8.61. The maximum absolute atomic E-state index is 4.66. The Labute approximate surface area is 143 Å². The lowest BCUT2D eigenvalue weighted by Gasteiger charge is -2.05. The topological polar surface area (TPSA) is 53.1 Å². The van der Waals surface area contributed by atoms with Crippen LogP contribution >= 0.6 is 11.3 Å². The number of fused-ring (bicyclic) bond motifs is 1. The second-order valence-electron chi connectivity index (χ2n) is 5.39. The number of thiophene rings is 1. The summed E-state index contributed by atoms with van der Waals surface area (Å²) < 4.78 is 0. The number of anilines is 1. The molecule has 0 aliphatic heterocycles. The zero-order chi connectivity index (χ0) is 16.2. The van der Waals surface area contributed by atoms with Crippen LogP contribution in [0.2, 0.25) is 0 Å². The van der Waals surface area contributed by atoms with E-state index >= 15 is 0 Å². The van der Waals surface area contributed by atoms with Gasteiger partial charge in [0, 0.05) is 0 Å². The van der Waals surface area contributed by atoms with Crippen molar-refractivity contribution in [3.05, 3.63) is 82.8 Å². The Balaban J connectivity index is 1.63. The molecule has 0 saturated carbocycles. The van der Waals surface area contributed by atoms with Crippen LogP contribution in [0.25, 0.3) is 11.0 Å². The number of benzene rings is 2. The van der Waals surface area contributed by atoms with Gasteiger partial charge in [0.05, 0.1) is 33.7 Å². The lowest BCUT2D eigenvalue weighted by Crippen LogP contribution is -2.08. The molecular weight excluding hydrogens is 316 g/mol. The van der Waals surface area contributed by atoms with Gasteiger partial charge in [0.15, 0.2) is 0 Å². The predicted octanol–water partition coefficient (Wildman–Crippen LogP) is 4.68. The van der Waals surface area contributed by atoms with E-state index in [0.717, 1.165) is 33.1 Å². The molecule has 2 aromatic heterocycles. The predicted molar refractivity (Wildman–Crippen MR) is 101 cm³/mol. The third kappa shape index (κ3) is 3.21. The fraction of sp³-hybridized carbons (Fsp3) is 0.0526. The van der Waals surface area contributed by atoms with Gasteiger partial charge in [0.2, 0.25) is 0 Å². The molecule has 0 bridgehead atoms. The van der Waals surface area contributed by atoms with E-state index in [2.05, 4.69) is 31.9 Å². The Hall–Kier alpha value is -2.92. The highest BCUT2D eigenvalue weighted by Crippen LogP contribution is 2.16. The summed E-state index contributed by atoms with van der Waals surface area (Å²) in [6, 6.07) is 22.1. The highest BCUT2D eigenvalue weighted by molar-refractivity contribution is 7.12. The van der Waals surface area contributed by atoms with Crippen LogP contribution in [0, 0.1) is 0 Å². The van der Waals surface area contributed by atoms with Gasteiger partial charge in [-0.2, -0.15) is 5.10 Å². The van der Waals surface area contributed by atoms with Gasteiger partial charge >= 0.3 is 0 Å². The third-order valence-electron chi connectivity index (χ3n) is 3.67. The summed E-state index contributed by atoms with van der Waals surface area (Å²) in [5.74, 6) is 0.915. The molecule has 118 valence electrons. The molecule has 4 nitrogen and oxygen atoms in total. The zero-order valence-electron chi connectivity index (χ0n) is 12.9. The van der Waals surface area contributed by atoms with E-state index < -0.39 is 0 Å². The summed E-state index contributed by atoms with van der Waals surface area (Å²) in [6.45, 7) is 0. The van der Waals surface area contributed by atoms with Crippen molar-refractivity contribution in [2.75, 3.05) is 5.43 Å². The van der Waals surface area contributed by atoms with Gasteiger partial charge in [-0.25, -0.2) is 4.98 Å². The first-order valence-electron chi connectivity index (χ1n) is 7.73. The summed E-state index contributed by atoms with van der Waals surface area (Å²) in [4.78, 5) is 9.17. The van der Waals surface area contributed by atoms with Crippen molar-refractivity contribution in [2.45, 2.75) is 6.42 Å². The summed E-state index contributed by atoms with van der Waals surface area (Å²) in [6.07, 6.45) is 0.648. The molecule has 2 aromatic carbocycles. The lowest BCUT2D eigenvalue weighted by molar-refractivity contribution is 1.09. The van der Waals surface area contributed by atoms with Crippen LogP contribution in [0.5, 0.6) is 0 Å². The van der Waals surface area contributed by atoms with Crippen LogP contribution in [0.1, 0.15) is 10.7 Å². The van der Waals surface area contributed by atoms with Crippen molar-refractivity contribution >= 4 is 33.8 Å². The molecule has 4 aromatic rings. The van der Waals surface area contributed by atoms with E-state index in [-0.39, 0.29) is 0 Å². The van der Waals surface area contributed by atoms with Crippen molar-refractivity contribution in [3.63, 3.8) is 0 Å². The number of para-hydroxylation sites is 3. The van der Waals surface area contributed by atoms with Gasteiger partial charge in [0.1, 0.15) is 5.82 Å². The fourth-order valence-electron chi connectivity index (χ4n) is 2.52. The minimum absolute atomic E-state index is 0.648. The number of hydrazone groups is 1. The van der Waals surface area contributed by atoms with E-state index in [0.29, 0.717) is 6.42 Å². The van der Waals surface area contributed by atoms with Gasteiger partial charge in [-0.05, 0) is 35.7 Å². The average Bonchev–Trinajstić information content (AvgIpc) is 3.28. The molecule has 0 unspecified atom stereocenters. The molecule has 0 aliphatic carbocycles. The number of aromatic amines is 1. The first kappa shape index (κ1) is 14.7. The maximum Gasteiger partial charge on any atom is 0.113 e. The number of nitrogens with one attached hydrogen (secondary N) is 2. The van der Waals surface area contributed by atoms with Crippen LogP contribution in [-0.2, 0) is 6.42 Å². The molecule has 2 heterocycles. The van der Waals surface area contributed by atoms with Gasteiger partial charge in [-0.1, -0.05) is 36.4 Å². The number of imidazole rings is 1. The number of H-pyrrole nitrogens is 1.